The molecule has 1 unspecified atom stereocenters. The maximum Gasteiger partial charge on any atom is 0.221 e. The van der Waals surface area contributed by atoms with Crippen LogP contribution in [-0.2, 0) is 4.79 Å². The van der Waals surface area contributed by atoms with Crippen LogP contribution < -0.4 is 5.32 Å². The van der Waals surface area contributed by atoms with Gasteiger partial charge in [0.25, 0.3) is 0 Å². The largest absolute Gasteiger partial charge is 0.338 e. The number of hydrogen-bond acceptors (Lipinski definition) is 2. The molecule has 1 atom stereocenters. The summed E-state index contributed by atoms with van der Waals surface area (Å²) in [6.07, 6.45) is 7.39. The fourth-order valence-corrected chi connectivity index (χ4v) is 2.20. The van der Waals surface area contributed by atoms with E-state index in [9.17, 15) is 4.79 Å². The third kappa shape index (κ3) is 3.84. The Balaban J connectivity index is 2.27. The van der Waals surface area contributed by atoms with Gasteiger partial charge in [-0.3, -0.25) is 4.79 Å². The first-order valence-corrected chi connectivity index (χ1v) is 6.32. The molecule has 0 saturated heterocycles. The predicted molar refractivity (Wildman–Crippen MR) is 63.6 cm³/mol. The monoisotopic (exact) mass is 222 g/mol. The quantitative estimate of drug-likeness (QED) is 0.777. The number of carbonyl (C=O) groups excluding carboxylic acids is 1. The Kier molecular flexibility index (Phi) is 4.79. The summed E-state index contributed by atoms with van der Waals surface area (Å²) < 4.78 is 0. The van der Waals surface area contributed by atoms with Crippen LogP contribution in [-0.4, -0.2) is 11.4 Å². The van der Waals surface area contributed by atoms with Gasteiger partial charge in [0.05, 0.1) is 6.07 Å². The molecule has 0 spiro atoms. The maximum atomic E-state index is 11.7. The minimum atomic E-state index is -0.688. The van der Waals surface area contributed by atoms with Crippen molar-refractivity contribution in [3.05, 3.63) is 0 Å². The molecule has 1 fully saturated rings. The van der Waals surface area contributed by atoms with Crippen molar-refractivity contribution in [2.75, 3.05) is 0 Å². The molecule has 3 nitrogen and oxygen atoms in total. The molecule has 1 N–H and O–H groups in total. The molecule has 0 heterocycles. The molecule has 3 heteroatoms. The Morgan fingerprint density at radius 2 is 2.12 bits per heavy atom. The topological polar surface area (TPSA) is 52.9 Å². The first-order valence-electron chi connectivity index (χ1n) is 6.32. The molecular formula is C13H22N2O. The summed E-state index contributed by atoms with van der Waals surface area (Å²) in [6, 6.07) is 2.16. The van der Waals surface area contributed by atoms with Gasteiger partial charge in [-0.2, -0.15) is 5.26 Å². The molecule has 0 aromatic heterocycles. The van der Waals surface area contributed by atoms with Gasteiger partial charge in [-0.1, -0.05) is 32.6 Å². The van der Waals surface area contributed by atoms with Crippen LogP contribution in [0.15, 0.2) is 0 Å². The summed E-state index contributed by atoms with van der Waals surface area (Å²) in [5, 5.41) is 11.8. The van der Waals surface area contributed by atoms with Crippen LogP contribution in [0.1, 0.15) is 58.8 Å². The molecule has 1 saturated carbocycles. The second-order valence-corrected chi connectivity index (χ2v) is 5.03. The van der Waals surface area contributed by atoms with Gasteiger partial charge >= 0.3 is 0 Å². The van der Waals surface area contributed by atoms with E-state index in [-0.39, 0.29) is 5.91 Å². The van der Waals surface area contributed by atoms with Crippen LogP contribution in [0.2, 0.25) is 0 Å². The Morgan fingerprint density at radius 3 is 2.62 bits per heavy atom. The van der Waals surface area contributed by atoms with E-state index in [4.69, 9.17) is 5.26 Å². The first-order chi connectivity index (χ1) is 7.59. The number of amides is 1. The molecule has 0 aromatic carbocycles. The van der Waals surface area contributed by atoms with Crippen LogP contribution in [0.5, 0.6) is 0 Å². The highest BCUT2D eigenvalue weighted by molar-refractivity contribution is 5.77. The summed E-state index contributed by atoms with van der Waals surface area (Å²) in [4.78, 5) is 11.7. The maximum absolute atomic E-state index is 11.7. The minimum Gasteiger partial charge on any atom is -0.338 e. The average Bonchev–Trinajstić information content (AvgIpc) is 2.79. The third-order valence-electron chi connectivity index (χ3n) is 3.62. The molecule has 0 radical (unpaired) electrons. The first kappa shape index (κ1) is 13.0. The molecule has 90 valence electrons. The normalized spacial score (nSPS) is 20.1. The molecule has 1 amide bonds. The van der Waals surface area contributed by atoms with E-state index in [0.29, 0.717) is 12.8 Å². The van der Waals surface area contributed by atoms with Crippen molar-refractivity contribution in [1.82, 2.24) is 5.32 Å². The van der Waals surface area contributed by atoms with Gasteiger partial charge in [0, 0.05) is 6.42 Å². The highest BCUT2D eigenvalue weighted by atomic mass is 16.1. The molecule has 1 aliphatic carbocycles. The zero-order valence-electron chi connectivity index (χ0n) is 10.4. The molecule has 1 rings (SSSR count). The van der Waals surface area contributed by atoms with E-state index >= 15 is 0 Å². The van der Waals surface area contributed by atoms with Crippen molar-refractivity contribution >= 4 is 5.91 Å². The summed E-state index contributed by atoms with van der Waals surface area (Å²) in [5.74, 6) is 0.763. The molecule has 0 aliphatic heterocycles. The number of nitrogens with zero attached hydrogens (tertiary/aromatic N) is 1. The van der Waals surface area contributed by atoms with Gasteiger partial charge in [0.1, 0.15) is 5.54 Å². The lowest BCUT2D eigenvalue weighted by atomic mass is 9.98. The average molecular weight is 222 g/mol. The summed E-state index contributed by atoms with van der Waals surface area (Å²) in [7, 11) is 0. The fourth-order valence-electron chi connectivity index (χ4n) is 2.20. The summed E-state index contributed by atoms with van der Waals surface area (Å²) in [5.41, 5.74) is -0.688. The summed E-state index contributed by atoms with van der Waals surface area (Å²) in [6.45, 7) is 3.70. The zero-order chi connectivity index (χ0) is 12.0. The fraction of sp³-hybridized carbons (Fsp3) is 0.846. The van der Waals surface area contributed by atoms with Crippen molar-refractivity contribution in [2.24, 2.45) is 5.92 Å². The number of rotatable bonds is 5. The Labute approximate surface area is 98.2 Å². The molecule has 16 heavy (non-hydrogen) atoms. The van der Waals surface area contributed by atoms with Gasteiger partial charge < -0.3 is 5.32 Å². The van der Waals surface area contributed by atoms with Crippen molar-refractivity contribution in [2.45, 2.75) is 64.3 Å². The lowest BCUT2D eigenvalue weighted by Gasteiger charge is -2.21. The van der Waals surface area contributed by atoms with Crippen LogP contribution in [0.4, 0.5) is 0 Å². The van der Waals surface area contributed by atoms with Crippen LogP contribution in [0.25, 0.3) is 0 Å². The zero-order valence-corrected chi connectivity index (χ0v) is 10.4. The van der Waals surface area contributed by atoms with Crippen LogP contribution in [0.3, 0.4) is 0 Å². The molecule has 0 bridgehead atoms. The third-order valence-corrected chi connectivity index (χ3v) is 3.62. The van der Waals surface area contributed by atoms with Crippen LogP contribution >= 0.6 is 0 Å². The van der Waals surface area contributed by atoms with E-state index in [1.54, 1.807) is 6.92 Å². The SMILES string of the molecule is CCC(C)(C#N)NC(=O)CCC1CCCC1. The standard InChI is InChI=1S/C13H22N2O/c1-3-13(2,10-14)15-12(16)9-8-11-6-4-5-7-11/h11H,3-9H2,1-2H3,(H,15,16). The van der Waals surface area contributed by atoms with E-state index in [1.165, 1.54) is 25.7 Å². The number of nitrogens with one attached hydrogen (secondary N) is 1. The molecule has 1 aliphatic rings. The lowest BCUT2D eigenvalue weighted by molar-refractivity contribution is -0.122. The van der Waals surface area contributed by atoms with E-state index in [0.717, 1.165) is 12.3 Å². The summed E-state index contributed by atoms with van der Waals surface area (Å²) >= 11 is 0. The number of hydrogen-bond donors (Lipinski definition) is 1. The van der Waals surface area contributed by atoms with Gasteiger partial charge in [-0.15, -0.1) is 0 Å². The minimum absolute atomic E-state index is 0.0257. The van der Waals surface area contributed by atoms with Gasteiger partial charge in [-0.05, 0) is 25.7 Å². The smallest absolute Gasteiger partial charge is 0.221 e. The number of nitriles is 1. The highest BCUT2D eigenvalue weighted by Crippen LogP contribution is 2.28. The van der Waals surface area contributed by atoms with Gasteiger partial charge in [0.15, 0.2) is 0 Å². The Morgan fingerprint density at radius 1 is 1.50 bits per heavy atom. The van der Waals surface area contributed by atoms with Crippen molar-refractivity contribution in [3.8, 4) is 6.07 Å². The second kappa shape index (κ2) is 5.89. The second-order valence-electron chi connectivity index (χ2n) is 5.03. The highest BCUT2D eigenvalue weighted by Gasteiger charge is 2.24. The Bertz CT molecular complexity index is 276. The van der Waals surface area contributed by atoms with Crippen molar-refractivity contribution in [3.63, 3.8) is 0 Å². The van der Waals surface area contributed by atoms with Crippen molar-refractivity contribution in [1.29, 1.82) is 5.26 Å². The predicted octanol–water partition coefficient (Wildman–Crippen LogP) is 2.77. The van der Waals surface area contributed by atoms with Crippen molar-refractivity contribution < 1.29 is 4.79 Å². The Hall–Kier alpha value is -1.04. The molecular weight excluding hydrogens is 200 g/mol. The van der Waals surface area contributed by atoms with E-state index in [1.807, 2.05) is 6.92 Å². The van der Waals surface area contributed by atoms with E-state index in [2.05, 4.69) is 11.4 Å². The number of carbonyl (C=O) groups is 1. The molecule has 0 aromatic rings. The van der Waals surface area contributed by atoms with Gasteiger partial charge in [0.2, 0.25) is 5.91 Å². The van der Waals surface area contributed by atoms with E-state index < -0.39 is 5.54 Å². The van der Waals surface area contributed by atoms with Gasteiger partial charge in [-0.25, -0.2) is 0 Å². The lowest BCUT2D eigenvalue weighted by Crippen LogP contribution is -2.44. The van der Waals surface area contributed by atoms with Crippen LogP contribution in [0, 0.1) is 17.2 Å².